The monoisotopic (exact) mass is 341 g/mol. The number of aromatic nitrogens is 3. The van der Waals surface area contributed by atoms with Crippen molar-refractivity contribution in [3.05, 3.63) is 47.8 Å². The van der Waals surface area contributed by atoms with Crippen LogP contribution in [-0.2, 0) is 6.54 Å². The van der Waals surface area contributed by atoms with Crippen LogP contribution in [0.1, 0.15) is 54.8 Å². The Hall–Kier alpha value is -1.72. The molecule has 3 rings (SSSR count). The number of pyridine rings is 1. The highest BCUT2D eigenvalue weighted by molar-refractivity contribution is 5.22. The molecule has 2 atom stereocenters. The summed E-state index contributed by atoms with van der Waals surface area (Å²) in [7, 11) is 6.49. The second kappa shape index (κ2) is 8.11. The highest BCUT2D eigenvalue weighted by atomic mass is 15.2. The summed E-state index contributed by atoms with van der Waals surface area (Å²) in [6, 6.07) is 4.94. The van der Waals surface area contributed by atoms with Gasteiger partial charge < -0.3 is 9.47 Å². The molecule has 0 amide bonds. The van der Waals surface area contributed by atoms with Crippen molar-refractivity contribution in [2.24, 2.45) is 0 Å². The average Bonchev–Trinajstić information content (AvgIpc) is 3.04. The van der Waals surface area contributed by atoms with Gasteiger partial charge in [0.05, 0.1) is 17.8 Å². The molecule has 0 N–H and O–H groups in total. The Morgan fingerprint density at radius 3 is 2.72 bits per heavy atom. The first-order valence-electron chi connectivity index (χ1n) is 9.37. The molecule has 25 heavy (non-hydrogen) atoms. The highest BCUT2D eigenvalue weighted by Gasteiger charge is 2.33. The van der Waals surface area contributed by atoms with Gasteiger partial charge in [0.1, 0.15) is 5.82 Å². The van der Waals surface area contributed by atoms with Crippen LogP contribution in [0.15, 0.2) is 30.7 Å². The predicted octanol–water partition coefficient (Wildman–Crippen LogP) is 3.44. The third kappa shape index (κ3) is 4.10. The molecule has 0 aliphatic carbocycles. The Kier molecular flexibility index (Phi) is 5.86. The molecular formula is C20H31N5. The average molecular weight is 342 g/mol. The number of imidazole rings is 1. The summed E-state index contributed by atoms with van der Waals surface area (Å²) in [6.07, 6.45) is 10.7. The topological polar surface area (TPSA) is 37.2 Å². The number of hydrogen-bond acceptors (Lipinski definition) is 4. The van der Waals surface area contributed by atoms with Gasteiger partial charge in [0, 0.05) is 25.1 Å². The van der Waals surface area contributed by atoms with Gasteiger partial charge in [0.25, 0.3) is 0 Å². The summed E-state index contributed by atoms with van der Waals surface area (Å²) in [4.78, 5) is 14.1. The SMILES string of the molecule is Cc1cccnc1[C@@H]1CCC[C@H](c2nccn2CCCN(C)C)N1C. The van der Waals surface area contributed by atoms with Gasteiger partial charge in [-0.2, -0.15) is 0 Å². The maximum atomic E-state index is 4.73. The van der Waals surface area contributed by atoms with Crippen molar-refractivity contribution in [3.8, 4) is 0 Å². The fourth-order valence-corrected chi connectivity index (χ4v) is 3.98. The molecule has 5 nitrogen and oxygen atoms in total. The summed E-state index contributed by atoms with van der Waals surface area (Å²) in [5.41, 5.74) is 2.51. The Bertz CT molecular complexity index is 678. The fourth-order valence-electron chi connectivity index (χ4n) is 3.98. The lowest BCUT2D eigenvalue weighted by molar-refractivity contribution is 0.103. The molecule has 1 fully saturated rings. The second-order valence-corrected chi connectivity index (χ2v) is 7.47. The lowest BCUT2D eigenvalue weighted by Crippen LogP contribution is -2.35. The highest BCUT2D eigenvalue weighted by Crippen LogP contribution is 2.39. The first kappa shape index (κ1) is 18.1. The molecule has 0 bridgehead atoms. The van der Waals surface area contributed by atoms with Gasteiger partial charge in [-0.3, -0.25) is 9.88 Å². The number of rotatable bonds is 6. The van der Waals surface area contributed by atoms with Crippen LogP contribution >= 0.6 is 0 Å². The molecule has 0 spiro atoms. The second-order valence-electron chi connectivity index (χ2n) is 7.47. The van der Waals surface area contributed by atoms with E-state index in [4.69, 9.17) is 4.98 Å². The molecule has 0 radical (unpaired) electrons. The molecule has 3 heterocycles. The van der Waals surface area contributed by atoms with Gasteiger partial charge in [-0.05, 0) is 71.9 Å². The summed E-state index contributed by atoms with van der Waals surface area (Å²) in [6.45, 7) is 4.31. The predicted molar refractivity (Wildman–Crippen MR) is 101 cm³/mol. The molecule has 1 aliphatic rings. The quantitative estimate of drug-likeness (QED) is 0.807. The molecule has 0 unspecified atom stereocenters. The third-order valence-corrected chi connectivity index (χ3v) is 5.35. The Balaban J connectivity index is 1.77. The molecule has 136 valence electrons. The molecule has 1 aliphatic heterocycles. The number of likely N-dealkylation sites (tertiary alicyclic amines) is 1. The molecule has 2 aromatic rings. The normalized spacial score (nSPS) is 21.8. The van der Waals surface area contributed by atoms with E-state index in [0.717, 1.165) is 19.5 Å². The van der Waals surface area contributed by atoms with Gasteiger partial charge >= 0.3 is 0 Å². The third-order valence-electron chi connectivity index (χ3n) is 5.35. The van der Waals surface area contributed by atoms with Crippen molar-refractivity contribution in [3.63, 3.8) is 0 Å². The number of aryl methyl sites for hydroxylation is 2. The van der Waals surface area contributed by atoms with Crippen LogP contribution in [0.3, 0.4) is 0 Å². The number of hydrogen-bond donors (Lipinski definition) is 0. The van der Waals surface area contributed by atoms with Crippen LogP contribution in [0.4, 0.5) is 0 Å². The van der Waals surface area contributed by atoms with Gasteiger partial charge in [0.2, 0.25) is 0 Å². The van der Waals surface area contributed by atoms with E-state index in [2.05, 4.69) is 59.7 Å². The van der Waals surface area contributed by atoms with Crippen LogP contribution in [-0.4, -0.2) is 52.0 Å². The molecule has 0 saturated carbocycles. The van der Waals surface area contributed by atoms with Crippen molar-refractivity contribution >= 4 is 0 Å². The molecule has 1 saturated heterocycles. The van der Waals surface area contributed by atoms with E-state index in [1.54, 1.807) is 0 Å². The van der Waals surface area contributed by atoms with Crippen molar-refractivity contribution in [1.29, 1.82) is 0 Å². The van der Waals surface area contributed by atoms with Gasteiger partial charge in [-0.15, -0.1) is 0 Å². The van der Waals surface area contributed by atoms with Gasteiger partial charge in [0.15, 0.2) is 0 Å². The molecule has 5 heteroatoms. The van der Waals surface area contributed by atoms with E-state index in [9.17, 15) is 0 Å². The van der Waals surface area contributed by atoms with Crippen molar-refractivity contribution < 1.29 is 0 Å². The van der Waals surface area contributed by atoms with E-state index in [0.29, 0.717) is 12.1 Å². The first-order chi connectivity index (χ1) is 12.1. The smallest absolute Gasteiger partial charge is 0.126 e. The largest absolute Gasteiger partial charge is 0.334 e. The standard InChI is InChI=1S/C20H31N5/c1-16-8-6-11-21-19(16)17-9-5-10-18(24(17)4)20-22-12-15-25(20)14-7-13-23(2)3/h6,8,11-12,15,17-18H,5,7,9-10,13-14H2,1-4H3/t17-,18+/m0/s1. The summed E-state index contributed by atoms with van der Waals surface area (Å²) in [5, 5.41) is 0. The molecule has 2 aromatic heterocycles. The van der Waals surface area contributed by atoms with Gasteiger partial charge in [-0.25, -0.2) is 4.98 Å². The van der Waals surface area contributed by atoms with Crippen LogP contribution in [0.5, 0.6) is 0 Å². The van der Waals surface area contributed by atoms with E-state index < -0.39 is 0 Å². The Morgan fingerprint density at radius 1 is 1.16 bits per heavy atom. The lowest BCUT2D eigenvalue weighted by Gasteiger charge is -2.39. The zero-order chi connectivity index (χ0) is 17.8. The maximum Gasteiger partial charge on any atom is 0.126 e. The van der Waals surface area contributed by atoms with Crippen molar-refractivity contribution in [1.82, 2.24) is 24.3 Å². The summed E-state index contributed by atoms with van der Waals surface area (Å²) < 4.78 is 2.35. The fraction of sp³-hybridized carbons (Fsp3) is 0.600. The Labute approximate surface area is 151 Å². The van der Waals surface area contributed by atoms with Crippen LogP contribution in [0.25, 0.3) is 0 Å². The zero-order valence-corrected chi connectivity index (χ0v) is 16.0. The van der Waals surface area contributed by atoms with E-state index in [1.165, 1.54) is 36.3 Å². The minimum Gasteiger partial charge on any atom is -0.334 e. The number of piperidine rings is 1. The minimum atomic E-state index is 0.370. The van der Waals surface area contributed by atoms with Crippen LogP contribution in [0.2, 0.25) is 0 Å². The maximum absolute atomic E-state index is 4.73. The van der Waals surface area contributed by atoms with E-state index in [-0.39, 0.29) is 0 Å². The number of nitrogens with zero attached hydrogens (tertiary/aromatic N) is 5. The Morgan fingerprint density at radius 2 is 1.96 bits per heavy atom. The lowest BCUT2D eigenvalue weighted by atomic mass is 9.92. The van der Waals surface area contributed by atoms with Crippen molar-refractivity contribution in [2.45, 2.75) is 51.2 Å². The minimum absolute atomic E-state index is 0.370. The summed E-state index contributed by atoms with van der Waals surface area (Å²) >= 11 is 0. The van der Waals surface area contributed by atoms with Crippen LogP contribution < -0.4 is 0 Å². The zero-order valence-electron chi connectivity index (χ0n) is 16.0. The van der Waals surface area contributed by atoms with Gasteiger partial charge in [-0.1, -0.05) is 6.07 Å². The summed E-state index contributed by atoms with van der Waals surface area (Å²) in [5.74, 6) is 1.21. The molecular weight excluding hydrogens is 310 g/mol. The van der Waals surface area contributed by atoms with E-state index in [1.807, 2.05) is 18.5 Å². The van der Waals surface area contributed by atoms with Crippen molar-refractivity contribution in [2.75, 3.05) is 27.7 Å². The van der Waals surface area contributed by atoms with Crippen LogP contribution in [0, 0.1) is 6.92 Å². The van der Waals surface area contributed by atoms with E-state index >= 15 is 0 Å². The molecule has 0 aromatic carbocycles. The first-order valence-corrected chi connectivity index (χ1v) is 9.37.